The van der Waals surface area contributed by atoms with Crippen LogP contribution in [0.5, 0.6) is 0 Å². The standard InChI is InChI=1S/C14H20N4OS/c1-3-10-4-5-15-11(6-10)14-17-12(18-19-14)7-13-16-9(2)8-20-13/h8,10-11,15H,3-7H2,1-2H3. The van der Waals surface area contributed by atoms with Gasteiger partial charge in [0, 0.05) is 11.1 Å². The zero-order valence-electron chi connectivity index (χ0n) is 11.9. The van der Waals surface area contributed by atoms with Crippen molar-refractivity contribution in [2.24, 2.45) is 5.92 Å². The van der Waals surface area contributed by atoms with Crippen molar-refractivity contribution < 1.29 is 4.52 Å². The fourth-order valence-corrected chi connectivity index (χ4v) is 3.42. The van der Waals surface area contributed by atoms with Crippen LogP contribution in [0.15, 0.2) is 9.90 Å². The Morgan fingerprint density at radius 2 is 2.35 bits per heavy atom. The summed E-state index contributed by atoms with van der Waals surface area (Å²) in [5.41, 5.74) is 1.05. The maximum absolute atomic E-state index is 5.43. The van der Waals surface area contributed by atoms with Crippen LogP contribution in [0.3, 0.4) is 0 Å². The van der Waals surface area contributed by atoms with Crippen LogP contribution in [0.2, 0.25) is 0 Å². The first-order valence-electron chi connectivity index (χ1n) is 7.21. The minimum atomic E-state index is 0.216. The third kappa shape index (κ3) is 3.07. The topological polar surface area (TPSA) is 63.8 Å². The van der Waals surface area contributed by atoms with Crippen molar-refractivity contribution in [1.29, 1.82) is 0 Å². The lowest BCUT2D eigenvalue weighted by molar-refractivity contribution is 0.245. The van der Waals surface area contributed by atoms with Gasteiger partial charge in [0.05, 0.1) is 12.5 Å². The molecule has 3 heterocycles. The molecule has 108 valence electrons. The quantitative estimate of drug-likeness (QED) is 0.938. The number of aryl methyl sites for hydroxylation is 1. The van der Waals surface area contributed by atoms with Gasteiger partial charge in [-0.05, 0) is 32.2 Å². The summed E-state index contributed by atoms with van der Waals surface area (Å²) in [6.07, 6.45) is 4.21. The average Bonchev–Trinajstić information content (AvgIpc) is 3.09. The maximum atomic E-state index is 5.43. The van der Waals surface area contributed by atoms with Gasteiger partial charge in [-0.3, -0.25) is 0 Å². The van der Waals surface area contributed by atoms with Crippen LogP contribution < -0.4 is 5.32 Å². The van der Waals surface area contributed by atoms with E-state index in [1.54, 1.807) is 11.3 Å². The van der Waals surface area contributed by atoms with E-state index in [1.807, 2.05) is 12.3 Å². The normalized spacial score (nSPS) is 23.1. The van der Waals surface area contributed by atoms with E-state index >= 15 is 0 Å². The average molecular weight is 292 g/mol. The fourth-order valence-electron chi connectivity index (χ4n) is 2.66. The third-order valence-corrected chi connectivity index (χ3v) is 4.81. The summed E-state index contributed by atoms with van der Waals surface area (Å²) in [7, 11) is 0. The predicted octanol–water partition coefficient (Wildman–Crippen LogP) is 2.88. The lowest BCUT2D eigenvalue weighted by Crippen LogP contribution is -2.31. The molecule has 0 aliphatic carbocycles. The van der Waals surface area contributed by atoms with Gasteiger partial charge in [0.25, 0.3) is 0 Å². The predicted molar refractivity (Wildman–Crippen MR) is 77.7 cm³/mol. The Morgan fingerprint density at radius 3 is 3.10 bits per heavy atom. The summed E-state index contributed by atoms with van der Waals surface area (Å²) >= 11 is 1.64. The van der Waals surface area contributed by atoms with E-state index in [1.165, 1.54) is 12.8 Å². The molecule has 0 spiro atoms. The summed E-state index contributed by atoms with van der Waals surface area (Å²) in [6, 6.07) is 0.216. The molecule has 20 heavy (non-hydrogen) atoms. The lowest BCUT2D eigenvalue weighted by atomic mass is 9.90. The third-order valence-electron chi connectivity index (χ3n) is 3.85. The van der Waals surface area contributed by atoms with E-state index in [0.717, 1.165) is 41.3 Å². The number of aromatic nitrogens is 3. The first-order valence-corrected chi connectivity index (χ1v) is 8.09. The first-order chi connectivity index (χ1) is 9.74. The molecule has 1 aliphatic heterocycles. The summed E-state index contributed by atoms with van der Waals surface area (Å²) in [5, 5.41) is 10.6. The van der Waals surface area contributed by atoms with Crippen molar-refractivity contribution >= 4 is 11.3 Å². The van der Waals surface area contributed by atoms with Gasteiger partial charge in [-0.1, -0.05) is 18.5 Å². The molecule has 1 N–H and O–H groups in total. The SMILES string of the molecule is CCC1CCNC(c2nc(Cc3nc(C)cs3)no2)C1. The molecule has 2 atom stereocenters. The maximum Gasteiger partial charge on any atom is 0.243 e. The molecule has 0 saturated carbocycles. The molecule has 2 unspecified atom stereocenters. The Morgan fingerprint density at radius 1 is 1.45 bits per heavy atom. The Balaban J connectivity index is 1.67. The zero-order valence-corrected chi connectivity index (χ0v) is 12.7. The van der Waals surface area contributed by atoms with Crippen molar-refractivity contribution in [2.75, 3.05) is 6.54 Å². The Kier molecular flexibility index (Phi) is 4.12. The van der Waals surface area contributed by atoms with Gasteiger partial charge >= 0.3 is 0 Å². The smallest absolute Gasteiger partial charge is 0.243 e. The second-order valence-corrected chi connectivity index (χ2v) is 6.36. The number of thiazole rings is 1. The summed E-state index contributed by atoms with van der Waals surface area (Å²) in [5.74, 6) is 2.22. The molecule has 1 saturated heterocycles. The van der Waals surface area contributed by atoms with Crippen molar-refractivity contribution in [3.8, 4) is 0 Å². The minimum Gasteiger partial charge on any atom is -0.338 e. The van der Waals surface area contributed by atoms with Crippen molar-refractivity contribution in [3.63, 3.8) is 0 Å². The van der Waals surface area contributed by atoms with Gasteiger partial charge in [-0.25, -0.2) is 4.98 Å². The molecule has 3 rings (SSSR count). The van der Waals surface area contributed by atoms with Gasteiger partial charge in [0.2, 0.25) is 5.89 Å². The second kappa shape index (κ2) is 6.01. The number of piperidine rings is 1. The highest BCUT2D eigenvalue weighted by atomic mass is 32.1. The Bertz CT molecular complexity index is 565. The summed E-state index contributed by atoms with van der Waals surface area (Å²) < 4.78 is 5.43. The highest BCUT2D eigenvalue weighted by Gasteiger charge is 2.26. The Labute approximate surface area is 122 Å². The molecule has 2 aromatic rings. The van der Waals surface area contributed by atoms with Gasteiger partial charge in [0.1, 0.15) is 5.01 Å². The summed E-state index contributed by atoms with van der Waals surface area (Å²) in [4.78, 5) is 8.97. The van der Waals surface area contributed by atoms with E-state index in [2.05, 4.69) is 27.4 Å². The van der Waals surface area contributed by atoms with Crippen LogP contribution in [-0.4, -0.2) is 21.7 Å². The monoisotopic (exact) mass is 292 g/mol. The van der Waals surface area contributed by atoms with Crippen molar-refractivity contribution in [2.45, 2.75) is 45.6 Å². The van der Waals surface area contributed by atoms with E-state index in [0.29, 0.717) is 6.42 Å². The van der Waals surface area contributed by atoms with Gasteiger partial charge < -0.3 is 9.84 Å². The Hall–Kier alpha value is -1.27. The molecule has 2 aromatic heterocycles. The highest BCUT2D eigenvalue weighted by Crippen LogP contribution is 2.28. The van der Waals surface area contributed by atoms with Crippen LogP contribution in [0, 0.1) is 12.8 Å². The van der Waals surface area contributed by atoms with Crippen molar-refractivity contribution in [3.05, 3.63) is 27.8 Å². The number of hydrogen-bond donors (Lipinski definition) is 1. The molecular formula is C14H20N4OS. The van der Waals surface area contributed by atoms with E-state index < -0.39 is 0 Å². The van der Waals surface area contributed by atoms with E-state index in [9.17, 15) is 0 Å². The fraction of sp³-hybridized carbons (Fsp3) is 0.643. The number of nitrogens with one attached hydrogen (secondary N) is 1. The molecule has 0 radical (unpaired) electrons. The molecule has 5 nitrogen and oxygen atoms in total. The van der Waals surface area contributed by atoms with E-state index in [-0.39, 0.29) is 6.04 Å². The van der Waals surface area contributed by atoms with Crippen LogP contribution >= 0.6 is 11.3 Å². The lowest BCUT2D eigenvalue weighted by Gasteiger charge is -2.27. The molecule has 1 fully saturated rings. The zero-order chi connectivity index (χ0) is 13.9. The van der Waals surface area contributed by atoms with Crippen LogP contribution in [-0.2, 0) is 6.42 Å². The van der Waals surface area contributed by atoms with Gasteiger partial charge in [-0.2, -0.15) is 4.98 Å². The van der Waals surface area contributed by atoms with Gasteiger partial charge in [-0.15, -0.1) is 11.3 Å². The van der Waals surface area contributed by atoms with Crippen LogP contribution in [0.4, 0.5) is 0 Å². The molecule has 6 heteroatoms. The van der Waals surface area contributed by atoms with Gasteiger partial charge in [0.15, 0.2) is 5.82 Å². The van der Waals surface area contributed by atoms with Crippen LogP contribution in [0.25, 0.3) is 0 Å². The number of rotatable bonds is 4. The molecule has 0 amide bonds. The minimum absolute atomic E-state index is 0.216. The molecule has 0 aromatic carbocycles. The van der Waals surface area contributed by atoms with Crippen molar-refractivity contribution in [1.82, 2.24) is 20.4 Å². The molecular weight excluding hydrogens is 272 g/mol. The first kappa shape index (κ1) is 13.7. The van der Waals surface area contributed by atoms with Crippen LogP contribution in [0.1, 0.15) is 54.6 Å². The molecule has 0 bridgehead atoms. The largest absolute Gasteiger partial charge is 0.338 e. The number of hydrogen-bond acceptors (Lipinski definition) is 6. The number of nitrogens with zero attached hydrogens (tertiary/aromatic N) is 3. The molecule has 1 aliphatic rings. The van der Waals surface area contributed by atoms with E-state index in [4.69, 9.17) is 4.52 Å². The summed E-state index contributed by atoms with van der Waals surface area (Å²) in [6.45, 7) is 5.28. The second-order valence-electron chi connectivity index (χ2n) is 5.41. The highest BCUT2D eigenvalue weighted by molar-refractivity contribution is 7.09.